The van der Waals surface area contributed by atoms with Gasteiger partial charge < -0.3 is 10.2 Å². The molecule has 4 aliphatic rings. The molecule has 33 heavy (non-hydrogen) atoms. The van der Waals surface area contributed by atoms with E-state index in [4.69, 9.17) is 11.6 Å². The van der Waals surface area contributed by atoms with Crippen LogP contribution in [0.1, 0.15) is 58.8 Å². The highest BCUT2D eigenvalue weighted by Crippen LogP contribution is 2.64. The van der Waals surface area contributed by atoms with E-state index in [9.17, 15) is 9.59 Å². The van der Waals surface area contributed by atoms with Crippen molar-refractivity contribution >= 4 is 29.1 Å². The Morgan fingerprint density at radius 1 is 1.18 bits per heavy atom. The lowest BCUT2D eigenvalue weighted by molar-refractivity contribution is -0.142. The SMILES string of the molecule is C=CCN1C(=O)C(C(=O)Nc2ccccc2Cl)=C[C@@]2(C)C1CC[C@@H]1[C@H]2CC[C@]2(C)CCC[C@@H]12. The van der Waals surface area contributed by atoms with Gasteiger partial charge in [-0.05, 0) is 73.8 Å². The van der Waals surface area contributed by atoms with Gasteiger partial charge in [0, 0.05) is 18.0 Å². The van der Waals surface area contributed by atoms with Crippen LogP contribution in [0.15, 0.2) is 48.6 Å². The van der Waals surface area contributed by atoms with Crippen molar-refractivity contribution in [2.45, 2.75) is 64.8 Å². The van der Waals surface area contributed by atoms with Crippen molar-refractivity contribution in [3.8, 4) is 0 Å². The van der Waals surface area contributed by atoms with E-state index in [0.29, 0.717) is 34.5 Å². The predicted molar refractivity (Wildman–Crippen MR) is 133 cm³/mol. The third-order valence-corrected chi connectivity index (χ3v) is 9.85. The van der Waals surface area contributed by atoms with Gasteiger partial charge in [0.1, 0.15) is 5.57 Å². The second-order valence-electron chi connectivity index (χ2n) is 11.2. The number of hydrogen-bond donors (Lipinski definition) is 1. The van der Waals surface area contributed by atoms with Crippen molar-refractivity contribution in [1.29, 1.82) is 0 Å². The molecule has 3 aliphatic carbocycles. The summed E-state index contributed by atoms with van der Waals surface area (Å²) in [7, 11) is 0. The Hall–Kier alpha value is -2.07. The van der Waals surface area contributed by atoms with Crippen LogP contribution in [0.25, 0.3) is 0 Å². The first kappa shape index (κ1) is 22.7. The molecule has 5 rings (SSSR count). The maximum atomic E-state index is 13.5. The van der Waals surface area contributed by atoms with E-state index < -0.39 is 0 Å². The van der Waals surface area contributed by atoms with Crippen molar-refractivity contribution in [3.63, 3.8) is 0 Å². The van der Waals surface area contributed by atoms with Gasteiger partial charge in [0.15, 0.2) is 0 Å². The van der Waals surface area contributed by atoms with E-state index in [1.165, 1.54) is 38.5 Å². The molecule has 3 saturated carbocycles. The van der Waals surface area contributed by atoms with Crippen LogP contribution in [-0.4, -0.2) is 29.3 Å². The fourth-order valence-electron chi connectivity index (χ4n) is 7.99. The molecule has 1 N–H and O–H groups in total. The highest BCUT2D eigenvalue weighted by atomic mass is 35.5. The van der Waals surface area contributed by atoms with E-state index in [1.807, 2.05) is 23.1 Å². The molecule has 3 fully saturated rings. The number of anilines is 1. The molecule has 0 bridgehead atoms. The summed E-state index contributed by atoms with van der Waals surface area (Å²) in [6.07, 6.45) is 12.5. The van der Waals surface area contributed by atoms with Gasteiger partial charge in [-0.1, -0.05) is 56.2 Å². The summed E-state index contributed by atoms with van der Waals surface area (Å²) in [5.74, 6) is 1.38. The van der Waals surface area contributed by atoms with Gasteiger partial charge in [0.2, 0.25) is 0 Å². The normalized spacial score (nSPS) is 37.5. The molecule has 1 aliphatic heterocycles. The zero-order valence-corrected chi connectivity index (χ0v) is 20.5. The molecule has 176 valence electrons. The minimum absolute atomic E-state index is 0.117. The number of amides is 2. The van der Waals surface area contributed by atoms with E-state index >= 15 is 0 Å². The number of halogens is 1. The highest BCUT2D eigenvalue weighted by molar-refractivity contribution is 6.34. The fourth-order valence-corrected chi connectivity index (χ4v) is 8.17. The van der Waals surface area contributed by atoms with Gasteiger partial charge in [0.25, 0.3) is 11.8 Å². The van der Waals surface area contributed by atoms with Crippen LogP contribution in [0.2, 0.25) is 5.02 Å². The summed E-state index contributed by atoms with van der Waals surface area (Å²) in [4.78, 5) is 28.8. The zero-order chi connectivity index (χ0) is 23.4. The van der Waals surface area contributed by atoms with Crippen LogP contribution >= 0.6 is 11.6 Å². The first-order valence-corrected chi connectivity index (χ1v) is 12.9. The Morgan fingerprint density at radius 2 is 1.97 bits per heavy atom. The van der Waals surface area contributed by atoms with E-state index in [0.717, 1.165) is 12.3 Å². The molecule has 0 radical (unpaired) electrons. The van der Waals surface area contributed by atoms with Gasteiger partial charge in [-0.3, -0.25) is 9.59 Å². The predicted octanol–water partition coefficient (Wildman–Crippen LogP) is 6.23. The van der Waals surface area contributed by atoms with E-state index in [2.05, 4.69) is 25.7 Å². The first-order chi connectivity index (χ1) is 15.8. The molecule has 4 nitrogen and oxygen atoms in total. The Morgan fingerprint density at radius 3 is 2.73 bits per heavy atom. The average molecular weight is 467 g/mol. The summed E-state index contributed by atoms with van der Waals surface area (Å²) >= 11 is 6.27. The Balaban J connectivity index is 1.52. The summed E-state index contributed by atoms with van der Waals surface area (Å²) in [5, 5.41) is 3.35. The summed E-state index contributed by atoms with van der Waals surface area (Å²) in [5.41, 5.74) is 1.04. The zero-order valence-electron chi connectivity index (χ0n) is 19.8. The smallest absolute Gasteiger partial charge is 0.260 e. The average Bonchev–Trinajstić information content (AvgIpc) is 3.19. The lowest BCUT2D eigenvalue weighted by Gasteiger charge is -2.60. The van der Waals surface area contributed by atoms with Crippen molar-refractivity contribution in [1.82, 2.24) is 4.90 Å². The molecule has 0 spiro atoms. The van der Waals surface area contributed by atoms with Gasteiger partial charge in [-0.2, -0.15) is 0 Å². The number of benzene rings is 1. The van der Waals surface area contributed by atoms with Crippen LogP contribution in [0.3, 0.4) is 0 Å². The number of nitrogens with one attached hydrogen (secondary N) is 1. The molecule has 1 unspecified atom stereocenters. The summed E-state index contributed by atoms with van der Waals surface area (Å²) < 4.78 is 0. The van der Waals surface area contributed by atoms with Crippen LogP contribution < -0.4 is 5.32 Å². The van der Waals surface area contributed by atoms with Crippen molar-refractivity contribution in [3.05, 3.63) is 53.6 Å². The second kappa shape index (κ2) is 8.30. The van der Waals surface area contributed by atoms with Gasteiger partial charge >= 0.3 is 0 Å². The van der Waals surface area contributed by atoms with Gasteiger partial charge in [-0.25, -0.2) is 0 Å². The topological polar surface area (TPSA) is 49.4 Å². The quantitative estimate of drug-likeness (QED) is 0.422. The van der Waals surface area contributed by atoms with Crippen molar-refractivity contribution in [2.75, 3.05) is 11.9 Å². The Kier molecular flexibility index (Phi) is 5.71. The van der Waals surface area contributed by atoms with E-state index in [-0.39, 0.29) is 28.8 Å². The molecule has 2 amide bonds. The van der Waals surface area contributed by atoms with Crippen molar-refractivity contribution in [2.24, 2.45) is 28.6 Å². The number of rotatable bonds is 4. The number of para-hydroxylation sites is 1. The minimum Gasteiger partial charge on any atom is -0.331 e. The van der Waals surface area contributed by atoms with Gasteiger partial charge in [0.05, 0.1) is 10.7 Å². The number of nitrogens with zero attached hydrogens (tertiary/aromatic N) is 1. The number of fused-ring (bicyclic) bond motifs is 5. The molecule has 6 atom stereocenters. The van der Waals surface area contributed by atoms with E-state index in [1.54, 1.807) is 18.2 Å². The minimum atomic E-state index is -0.370. The monoisotopic (exact) mass is 466 g/mol. The molecule has 5 heteroatoms. The second-order valence-corrected chi connectivity index (χ2v) is 11.6. The Labute approximate surface area is 202 Å². The maximum absolute atomic E-state index is 13.5. The number of carbonyl (C=O) groups is 2. The molecule has 0 aromatic heterocycles. The number of hydrogen-bond acceptors (Lipinski definition) is 2. The molecule has 1 aromatic rings. The van der Waals surface area contributed by atoms with Crippen molar-refractivity contribution < 1.29 is 9.59 Å². The first-order valence-electron chi connectivity index (χ1n) is 12.5. The van der Waals surface area contributed by atoms with Crippen LogP contribution in [-0.2, 0) is 9.59 Å². The summed E-state index contributed by atoms with van der Waals surface area (Å²) in [6, 6.07) is 7.27. The Bertz CT molecular complexity index is 1020. The molecule has 0 saturated heterocycles. The standard InChI is InChI=1S/C28H35ClN2O2/c1-4-16-31-24-12-11-18-20-8-7-14-27(20,2)15-13-21(18)28(24,3)17-19(26(31)33)25(32)30-23-10-6-5-9-22(23)29/h4-6,9-10,17-18,20-21,24H,1,7-8,11-16H2,2-3H3,(H,30,32)/t18-,20-,21+,24?,27-,28+/m0/s1. The molecule has 1 heterocycles. The lowest BCUT2D eigenvalue weighted by Crippen LogP contribution is -2.61. The highest BCUT2D eigenvalue weighted by Gasteiger charge is 2.59. The van der Waals surface area contributed by atoms with Crippen LogP contribution in [0.4, 0.5) is 5.69 Å². The molecular formula is C28H35ClN2O2. The largest absolute Gasteiger partial charge is 0.331 e. The molecule has 1 aromatic carbocycles. The maximum Gasteiger partial charge on any atom is 0.260 e. The van der Waals surface area contributed by atoms with Crippen LogP contribution in [0.5, 0.6) is 0 Å². The molecular weight excluding hydrogens is 432 g/mol. The number of carbonyl (C=O) groups excluding carboxylic acids is 2. The third kappa shape index (κ3) is 3.56. The third-order valence-electron chi connectivity index (χ3n) is 9.52. The van der Waals surface area contributed by atoms with Crippen LogP contribution in [0, 0.1) is 28.6 Å². The lowest BCUT2D eigenvalue weighted by atomic mass is 9.48. The fraction of sp³-hybridized carbons (Fsp3) is 0.571. The summed E-state index contributed by atoms with van der Waals surface area (Å²) in [6.45, 7) is 9.17. The van der Waals surface area contributed by atoms with Gasteiger partial charge in [-0.15, -0.1) is 6.58 Å².